The van der Waals surface area contributed by atoms with Crippen molar-refractivity contribution in [1.29, 1.82) is 0 Å². The van der Waals surface area contributed by atoms with Crippen molar-refractivity contribution in [3.8, 4) is 5.75 Å². The molecule has 0 radical (unpaired) electrons. The van der Waals surface area contributed by atoms with Gasteiger partial charge in [0, 0.05) is 5.41 Å². The number of carbonyl (C=O) groups is 1. The van der Waals surface area contributed by atoms with Crippen molar-refractivity contribution in [2.75, 3.05) is 13.2 Å². The first-order valence-electron chi connectivity index (χ1n) is 7.73. The van der Waals surface area contributed by atoms with Crippen LogP contribution in [0, 0.1) is 11.2 Å². The average molecular weight is 395 g/mol. The minimum atomic E-state index is -3.55. The predicted octanol–water partition coefficient (Wildman–Crippen LogP) is 4.40. The third-order valence-electron chi connectivity index (χ3n) is 3.53. The van der Waals surface area contributed by atoms with E-state index in [1.54, 1.807) is 0 Å². The summed E-state index contributed by atoms with van der Waals surface area (Å²) in [6.07, 6.45) is -1.04. The standard InChI is InChI=1S/C16H21ClFO6P/c1-10(23-14-6-5-12(18)7-13(14)17)15(19)24-11(2)25(20)21-8-16(3,4)9-22-25/h5-7,10-11H,8-9H2,1-4H3. The molecular formula is C16H21ClFO6P. The van der Waals surface area contributed by atoms with Gasteiger partial charge in [0.2, 0.25) is 0 Å². The van der Waals surface area contributed by atoms with E-state index in [-0.39, 0.29) is 29.4 Å². The van der Waals surface area contributed by atoms with Crippen LogP contribution in [-0.2, 0) is 23.1 Å². The summed E-state index contributed by atoms with van der Waals surface area (Å²) in [4.78, 5) is 12.2. The normalized spacial score (nSPS) is 21.2. The Bertz CT molecular complexity index is 681. The molecule has 0 aromatic heterocycles. The molecule has 2 atom stereocenters. The summed E-state index contributed by atoms with van der Waals surface area (Å²) < 4.78 is 46.8. The first-order valence-corrected chi connectivity index (χ1v) is 9.72. The van der Waals surface area contributed by atoms with E-state index in [4.69, 9.17) is 30.1 Å². The quantitative estimate of drug-likeness (QED) is 0.544. The molecule has 9 heteroatoms. The van der Waals surface area contributed by atoms with E-state index in [1.807, 2.05) is 13.8 Å². The molecule has 1 heterocycles. The number of carbonyl (C=O) groups excluding carboxylic acids is 1. The largest absolute Gasteiger partial charge is 0.477 e. The van der Waals surface area contributed by atoms with E-state index in [0.29, 0.717) is 0 Å². The molecule has 0 saturated carbocycles. The highest BCUT2D eigenvalue weighted by Crippen LogP contribution is 2.57. The topological polar surface area (TPSA) is 71.1 Å². The van der Waals surface area contributed by atoms with Gasteiger partial charge in [0.25, 0.3) is 0 Å². The smallest absolute Gasteiger partial charge is 0.370 e. The second-order valence-electron chi connectivity index (χ2n) is 6.62. The monoisotopic (exact) mass is 394 g/mol. The van der Waals surface area contributed by atoms with Crippen molar-refractivity contribution in [2.45, 2.75) is 39.6 Å². The molecule has 1 aromatic rings. The summed E-state index contributed by atoms with van der Waals surface area (Å²) in [6, 6.07) is 3.54. The SMILES string of the molecule is CC(Oc1ccc(F)cc1Cl)C(=O)OC(C)P1(=O)OCC(C)(C)CO1. The van der Waals surface area contributed by atoms with Gasteiger partial charge < -0.3 is 18.5 Å². The zero-order chi connectivity index (χ0) is 18.8. The summed E-state index contributed by atoms with van der Waals surface area (Å²) in [5.41, 5.74) is -0.257. The van der Waals surface area contributed by atoms with Crippen molar-refractivity contribution < 1.29 is 32.3 Å². The van der Waals surface area contributed by atoms with Crippen LogP contribution in [-0.4, -0.2) is 31.1 Å². The minimum Gasteiger partial charge on any atom is -0.477 e. The lowest BCUT2D eigenvalue weighted by molar-refractivity contribution is -0.153. The molecule has 1 fully saturated rings. The maximum atomic E-state index is 13.0. The molecule has 0 bridgehead atoms. The number of benzene rings is 1. The molecule has 6 nitrogen and oxygen atoms in total. The molecule has 25 heavy (non-hydrogen) atoms. The molecular weight excluding hydrogens is 374 g/mol. The Morgan fingerprint density at radius 2 is 1.92 bits per heavy atom. The van der Waals surface area contributed by atoms with Gasteiger partial charge in [-0.25, -0.2) is 9.18 Å². The number of hydrogen-bond donors (Lipinski definition) is 0. The Morgan fingerprint density at radius 1 is 1.32 bits per heavy atom. The third kappa shape index (κ3) is 5.17. The summed E-state index contributed by atoms with van der Waals surface area (Å²) in [5.74, 6) is -2.22. The van der Waals surface area contributed by atoms with Crippen LogP contribution in [0.4, 0.5) is 4.39 Å². The zero-order valence-electron chi connectivity index (χ0n) is 14.5. The maximum Gasteiger partial charge on any atom is 0.370 e. The summed E-state index contributed by atoms with van der Waals surface area (Å²) in [7, 11) is -3.55. The second-order valence-corrected chi connectivity index (χ2v) is 9.35. The van der Waals surface area contributed by atoms with Crippen LogP contribution < -0.4 is 4.74 Å². The molecule has 140 valence electrons. The predicted molar refractivity (Wildman–Crippen MR) is 90.3 cm³/mol. The van der Waals surface area contributed by atoms with Crippen molar-refractivity contribution in [2.24, 2.45) is 5.41 Å². The van der Waals surface area contributed by atoms with Gasteiger partial charge in [-0.2, -0.15) is 0 Å². The van der Waals surface area contributed by atoms with Gasteiger partial charge in [-0.1, -0.05) is 25.4 Å². The lowest BCUT2D eigenvalue weighted by Gasteiger charge is -2.36. The molecule has 2 rings (SSSR count). The Kier molecular flexibility index (Phi) is 6.15. The Hall–Kier alpha value is -1.14. The summed E-state index contributed by atoms with van der Waals surface area (Å²) >= 11 is 5.85. The van der Waals surface area contributed by atoms with Crippen molar-refractivity contribution >= 4 is 25.2 Å². The molecule has 1 saturated heterocycles. The highest BCUT2D eigenvalue weighted by atomic mass is 35.5. The molecule has 1 aliphatic heterocycles. The fraction of sp³-hybridized carbons (Fsp3) is 0.562. The molecule has 1 aliphatic rings. The fourth-order valence-corrected chi connectivity index (χ4v) is 3.95. The van der Waals surface area contributed by atoms with Crippen LogP contribution in [0.1, 0.15) is 27.7 Å². The molecule has 0 N–H and O–H groups in total. The highest BCUT2D eigenvalue weighted by Gasteiger charge is 2.43. The van der Waals surface area contributed by atoms with E-state index in [1.165, 1.54) is 19.9 Å². The molecule has 0 amide bonds. The number of halogens is 2. The van der Waals surface area contributed by atoms with Crippen LogP contribution in [0.5, 0.6) is 5.75 Å². The van der Waals surface area contributed by atoms with Gasteiger partial charge in [-0.15, -0.1) is 0 Å². The Morgan fingerprint density at radius 3 is 2.48 bits per heavy atom. The summed E-state index contributed by atoms with van der Waals surface area (Å²) in [5, 5.41) is 0.0293. The maximum absolute atomic E-state index is 13.0. The molecule has 2 unspecified atom stereocenters. The Balaban J connectivity index is 1.95. The number of ether oxygens (including phenoxy) is 2. The number of rotatable bonds is 5. The van der Waals surface area contributed by atoms with Gasteiger partial charge in [-0.3, -0.25) is 4.57 Å². The number of esters is 1. The van der Waals surface area contributed by atoms with E-state index in [0.717, 1.165) is 12.1 Å². The van der Waals surface area contributed by atoms with Crippen molar-refractivity contribution in [3.05, 3.63) is 29.0 Å². The zero-order valence-corrected chi connectivity index (χ0v) is 16.1. The fourth-order valence-electron chi connectivity index (χ4n) is 1.96. The van der Waals surface area contributed by atoms with Gasteiger partial charge in [-0.05, 0) is 32.0 Å². The van der Waals surface area contributed by atoms with Gasteiger partial charge >= 0.3 is 13.6 Å². The third-order valence-corrected chi connectivity index (χ3v) is 5.80. The van der Waals surface area contributed by atoms with Gasteiger partial charge in [0.1, 0.15) is 11.6 Å². The first-order chi connectivity index (χ1) is 11.5. The molecule has 0 spiro atoms. The molecule has 1 aromatic carbocycles. The van der Waals surface area contributed by atoms with E-state index >= 15 is 0 Å². The van der Waals surface area contributed by atoms with Crippen LogP contribution in [0.2, 0.25) is 5.02 Å². The van der Waals surface area contributed by atoms with Gasteiger partial charge in [0.15, 0.2) is 11.9 Å². The second kappa shape index (κ2) is 7.62. The van der Waals surface area contributed by atoms with Crippen molar-refractivity contribution in [3.63, 3.8) is 0 Å². The van der Waals surface area contributed by atoms with Crippen LogP contribution in [0.15, 0.2) is 18.2 Å². The lowest BCUT2D eigenvalue weighted by atomic mass is 9.97. The van der Waals surface area contributed by atoms with E-state index in [9.17, 15) is 13.8 Å². The van der Waals surface area contributed by atoms with Crippen molar-refractivity contribution in [1.82, 2.24) is 0 Å². The average Bonchev–Trinajstić information content (AvgIpc) is 2.53. The van der Waals surface area contributed by atoms with E-state index in [2.05, 4.69) is 0 Å². The lowest BCUT2D eigenvalue weighted by Crippen LogP contribution is -2.34. The van der Waals surface area contributed by atoms with Crippen LogP contribution in [0.3, 0.4) is 0 Å². The number of hydrogen-bond acceptors (Lipinski definition) is 6. The Labute approximate surface area is 151 Å². The minimum absolute atomic E-state index is 0.0293. The van der Waals surface area contributed by atoms with Crippen LogP contribution >= 0.6 is 19.2 Å². The van der Waals surface area contributed by atoms with E-state index < -0.39 is 31.3 Å². The first kappa shape index (κ1) is 20.2. The molecule has 0 aliphatic carbocycles. The summed E-state index contributed by atoms with van der Waals surface area (Å²) in [6.45, 7) is 7.18. The van der Waals surface area contributed by atoms with Crippen LogP contribution in [0.25, 0.3) is 0 Å². The highest BCUT2D eigenvalue weighted by molar-refractivity contribution is 7.54. The van der Waals surface area contributed by atoms with Gasteiger partial charge in [0.05, 0.1) is 18.2 Å².